The predicted octanol–water partition coefficient (Wildman–Crippen LogP) is 2.85. The third-order valence-corrected chi connectivity index (χ3v) is 4.13. The number of carbonyl (C=O) groups excluding carboxylic acids is 1. The van der Waals surface area contributed by atoms with Gasteiger partial charge in [-0.05, 0) is 31.5 Å². The molecular weight excluding hydrogens is 354 g/mol. The number of hydrogen-bond donors (Lipinski definition) is 2. The lowest BCUT2D eigenvalue weighted by molar-refractivity contribution is 0.0782. The van der Waals surface area contributed by atoms with E-state index in [0.29, 0.717) is 25.3 Å². The Morgan fingerprint density at radius 1 is 1.48 bits per heavy atom. The SMILES string of the molecule is CCNc1nc(Nc2ccc(C(=O)N3CCC(F)C3)cc2F)ncc1C#N. The second-order valence-corrected chi connectivity index (χ2v) is 6.05. The Labute approximate surface area is 155 Å². The summed E-state index contributed by atoms with van der Waals surface area (Å²) in [5.41, 5.74) is 0.519. The molecular formula is C18H18F2N6O. The van der Waals surface area contributed by atoms with Crippen LogP contribution in [-0.2, 0) is 0 Å². The summed E-state index contributed by atoms with van der Waals surface area (Å²) in [5, 5.41) is 14.7. The minimum absolute atomic E-state index is 0.0345. The molecule has 1 aromatic heterocycles. The summed E-state index contributed by atoms with van der Waals surface area (Å²) in [6, 6.07) is 5.95. The van der Waals surface area contributed by atoms with Crippen LogP contribution in [0.1, 0.15) is 29.3 Å². The molecule has 1 atom stereocenters. The lowest BCUT2D eigenvalue weighted by atomic mass is 10.1. The Bertz CT molecular complexity index is 898. The second-order valence-electron chi connectivity index (χ2n) is 6.05. The van der Waals surface area contributed by atoms with Crippen molar-refractivity contribution in [1.82, 2.24) is 14.9 Å². The van der Waals surface area contributed by atoms with Crippen molar-refractivity contribution < 1.29 is 13.6 Å². The first-order chi connectivity index (χ1) is 13.0. The largest absolute Gasteiger partial charge is 0.369 e. The highest BCUT2D eigenvalue weighted by Crippen LogP contribution is 2.23. The molecule has 9 heteroatoms. The van der Waals surface area contributed by atoms with Gasteiger partial charge in [-0.25, -0.2) is 13.8 Å². The van der Waals surface area contributed by atoms with Gasteiger partial charge in [0.15, 0.2) is 0 Å². The molecule has 7 nitrogen and oxygen atoms in total. The molecule has 0 spiro atoms. The van der Waals surface area contributed by atoms with Crippen LogP contribution in [0.15, 0.2) is 24.4 Å². The van der Waals surface area contributed by atoms with Gasteiger partial charge in [0.05, 0.1) is 18.4 Å². The maximum atomic E-state index is 14.4. The number of anilines is 3. The summed E-state index contributed by atoms with van der Waals surface area (Å²) in [7, 11) is 0. The smallest absolute Gasteiger partial charge is 0.254 e. The van der Waals surface area contributed by atoms with Crippen LogP contribution in [0, 0.1) is 17.1 Å². The van der Waals surface area contributed by atoms with Crippen molar-refractivity contribution in [2.24, 2.45) is 0 Å². The molecule has 1 saturated heterocycles. The highest BCUT2D eigenvalue weighted by atomic mass is 19.1. The van der Waals surface area contributed by atoms with Crippen molar-refractivity contribution in [3.8, 4) is 6.07 Å². The van der Waals surface area contributed by atoms with E-state index in [0.717, 1.165) is 6.07 Å². The zero-order chi connectivity index (χ0) is 19.4. The molecule has 1 aliphatic heterocycles. The molecule has 27 heavy (non-hydrogen) atoms. The fourth-order valence-corrected chi connectivity index (χ4v) is 2.78. The molecule has 1 aromatic carbocycles. The third-order valence-electron chi connectivity index (χ3n) is 4.13. The van der Waals surface area contributed by atoms with E-state index in [-0.39, 0.29) is 29.3 Å². The van der Waals surface area contributed by atoms with Crippen molar-refractivity contribution in [3.05, 3.63) is 41.3 Å². The maximum Gasteiger partial charge on any atom is 0.254 e. The Morgan fingerprint density at radius 2 is 2.30 bits per heavy atom. The molecule has 2 N–H and O–H groups in total. The first-order valence-corrected chi connectivity index (χ1v) is 8.52. The Kier molecular flexibility index (Phi) is 5.45. The second kappa shape index (κ2) is 7.95. The summed E-state index contributed by atoms with van der Waals surface area (Å²) < 4.78 is 27.7. The molecule has 0 aliphatic carbocycles. The molecule has 1 amide bonds. The summed E-state index contributed by atoms with van der Waals surface area (Å²) in [6.07, 6.45) is 0.612. The Balaban J connectivity index is 1.78. The minimum atomic E-state index is -1.03. The number of nitrogens with one attached hydrogen (secondary N) is 2. The minimum Gasteiger partial charge on any atom is -0.369 e. The number of alkyl halides is 1. The van der Waals surface area contributed by atoms with E-state index in [9.17, 15) is 13.6 Å². The van der Waals surface area contributed by atoms with Crippen molar-refractivity contribution in [2.75, 3.05) is 30.3 Å². The van der Waals surface area contributed by atoms with Gasteiger partial charge < -0.3 is 15.5 Å². The normalized spacial score (nSPS) is 16.1. The number of nitriles is 1. The van der Waals surface area contributed by atoms with Crippen LogP contribution in [0.3, 0.4) is 0 Å². The van der Waals surface area contributed by atoms with Crippen LogP contribution in [0.25, 0.3) is 0 Å². The van der Waals surface area contributed by atoms with Crippen LogP contribution in [0.2, 0.25) is 0 Å². The number of halogens is 2. The first kappa shape index (κ1) is 18.5. The van der Waals surface area contributed by atoms with Gasteiger partial charge in [-0.3, -0.25) is 4.79 Å². The van der Waals surface area contributed by atoms with E-state index in [1.54, 1.807) is 0 Å². The van der Waals surface area contributed by atoms with Crippen LogP contribution in [0.4, 0.5) is 26.2 Å². The summed E-state index contributed by atoms with van der Waals surface area (Å²) in [6.45, 7) is 2.78. The molecule has 3 rings (SSSR count). The predicted molar refractivity (Wildman–Crippen MR) is 96.0 cm³/mol. The van der Waals surface area contributed by atoms with Crippen LogP contribution in [-0.4, -0.2) is 46.6 Å². The highest BCUT2D eigenvalue weighted by molar-refractivity contribution is 5.94. The van der Waals surface area contributed by atoms with Gasteiger partial charge in [-0.15, -0.1) is 0 Å². The lowest BCUT2D eigenvalue weighted by Gasteiger charge is -2.16. The zero-order valence-electron chi connectivity index (χ0n) is 14.7. The van der Waals surface area contributed by atoms with Gasteiger partial charge in [0.25, 0.3) is 5.91 Å². The van der Waals surface area contributed by atoms with Crippen molar-refractivity contribution in [2.45, 2.75) is 19.5 Å². The molecule has 1 unspecified atom stereocenters. The number of aromatic nitrogens is 2. The number of benzene rings is 1. The number of rotatable bonds is 5. The van der Waals surface area contributed by atoms with Crippen molar-refractivity contribution in [3.63, 3.8) is 0 Å². The Morgan fingerprint density at radius 3 is 2.93 bits per heavy atom. The first-order valence-electron chi connectivity index (χ1n) is 8.52. The summed E-state index contributed by atoms with van der Waals surface area (Å²) in [4.78, 5) is 21.8. The third kappa shape index (κ3) is 4.11. The lowest BCUT2D eigenvalue weighted by Crippen LogP contribution is -2.29. The molecule has 0 saturated carbocycles. The maximum absolute atomic E-state index is 14.4. The molecule has 0 bridgehead atoms. The number of nitrogens with zero attached hydrogens (tertiary/aromatic N) is 4. The molecule has 2 aromatic rings. The topological polar surface area (TPSA) is 93.9 Å². The van der Waals surface area contributed by atoms with Gasteiger partial charge in [0.2, 0.25) is 5.95 Å². The standard InChI is InChI=1S/C18H18F2N6O/c1-2-22-16-12(8-21)9-23-18(25-16)24-15-4-3-11(7-14(15)20)17(27)26-6-5-13(19)10-26/h3-4,7,9,13H,2,5-6,10H2,1H3,(H2,22,23,24,25). The van der Waals surface area contributed by atoms with Gasteiger partial charge in [-0.1, -0.05) is 0 Å². The van der Waals surface area contributed by atoms with E-state index in [4.69, 9.17) is 5.26 Å². The average Bonchev–Trinajstić information content (AvgIpc) is 3.10. The van der Waals surface area contributed by atoms with E-state index in [1.165, 1.54) is 23.2 Å². The monoisotopic (exact) mass is 372 g/mol. The number of likely N-dealkylation sites (tertiary alicyclic amines) is 1. The quantitative estimate of drug-likeness (QED) is 0.838. The molecule has 1 fully saturated rings. The molecule has 0 radical (unpaired) electrons. The van der Waals surface area contributed by atoms with Crippen molar-refractivity contribution in [1.29, 1.82) is 5.26 Å². The fraction of sp³-hybridized carbons (Fsp3) is 0.333. The fourth-order valence-electron chi connectivity index (χ4n) is 2.78. The summed E-state index contributed by atoms with van der Waals surface area (Å²) >= 11 is 0. The van der Waals surface area contributed by atoms with Crippen LogP contribution < -0.4 is 10.6 Å². The summed E-state index contributed by atoms with van der Waals surface area (Å²) in [5.74, 6) is -0.596. The van der Waals surface area contributed by atoms with E-state index < -0.39 is 17.9 Å². The van der Waals surface area contributed by atoms with Crippen LogP contribution >= 0.6 is 0 Å². The number of amides is 1. The molecule has 2 heterocycles. The van der Waals surface area contributed by atoms with Crippen molar-refractivity contribution >= 4 is 23.4 Å². The van der Waals surface area contributed by atoms with Crippen LogP contribution in [0.5, 0.6) is 0 Å². The molecule has 1 aliphatic rings. The Hall–Kier alpha value is -3.28. The zero-order valence-corrected chi connectivity index (χ0v) is 14.7. The van der Waals surface area contributed by atoms with Gasteiger partial charge in [0, 0.05) is 18.7 Å². The number of hydrogen-bond acceptors (Lipinski definition) is 6. The average molecular weight is 372 g/mol. The highest BCUT2D eigenvalue weighted by Gasteiger charge is 2.27. The van der Waals surface area contributed by atoms with Gasteiger partial charge >= 0.3 is 0 Å². The van der Waals surface area contributed by atoms with E-state index >= 15 is 0 Å². The van der Waals surface area contributed by atoms with E-state index in [2.05, 4.69) is 20.6 Å². The van der Waals surface area contributed by atoms with Gasteiger partial charge in [-0.2, -0.15) is 10.2 Å². The van der Waals surface area contributed by atoms with Gasteiger partial charge in [0.1, 0.15) is 29.4 Å². The number of carbonyl (C=O) groups is 1. The molecule has 140 valence electrons. The van der Waals surface area contributed by atoms with E-state index in [1.807, 2.05) is 13.0 Å².